The van der Waals surface area contributed by atoms with Crippen molar-refractivity contribution < 1.29 is 9.72 Å². The molecule has 11 heteroatoms. The van der Waals surface area contributed by atoms with E-state index in [1.54, 1.807) is 24.5 Å². The number of nitro groups is 1. The van der Waals surface area contributed by atoms with Crippen molar-refractivity contribution in [2.75, 3.05) is 5.32 Å². The predicted octanol–water partition coefficient (Wildman–Crippen LogP) is 3.11. The minimum Gasteiger partial charge on any atom is -0.374 e. The molecule has 3 saturated carbocycles. The van der Waals surface area contributed by atoms with E-state index in [4.69, 9.17) is 0 Å². The molecule has 0 saturated heterocycles. The molecule has 3 aliphatic carbocycles. The molecule has 0 spiro atoms. The maximum atomic E-state index is 12.9. The third-order valence-electron chi connectivity index (χ3n) is 7.47. The maximum Gasteiger partial charge on any atom is 0.413 e. The summed E-state index contributed by atoms with van der Waals surface area (Å²) >= 11 is 3.23. The Bertz CT molecular complexity index is 1140. The lowest BCUT2D eigenvalue weighted by atomic mass is 9.45. The lowest BCUT2D eigenvalue weighted by Crippen LogP contribution is -2.58. The average molecular weight is 519 g/mol. The van der Waals surface area contributed by atoms with E-state index in [0.29, 0.717) is 17.8 Å². The van der Waals surface area contributed by atoms with E-state index < -0.39 is 28.8 Å². The van der Waals surface area contributed by atoms with Gasteiger partial charge in [0.15, 0.2) is 5.69 Å². The minimum absolute atomic E-state index is 0.0110. The summed E-state index contributed by atoms with van der Waals surface area (Å²) in [6.07, 6.45) is 5.27. The first-order valence-corrected chi connectivity index (χ1v) is 11.8. The van der Waals surface area contributed by atoms with E-state index >= 15 is 0 Å². The molecule has 5 rings (SSSR count). The zero-order chi connectivity index (χ0) is 23.9. The summed E-state index contributed by atoms with van der Waals surface area (Å²) < 4.78 is 0.831. The van der Waals surface area contributed by atoms with Gasteiger partial charge in [0, 0.05) is 25.0 Å². The predicted molar refractivity (Wildman–Crippen MR) is 126 cm³/mol. The van der Waals surface area contributed by atoms with Gasteiger partial charge in [0.1, 0.15) is 11.0 Å². The third-order valence-corrected chi connectivity index (χ3v) is 8.21. The standard InChI is InChI=1S/C22H27BrN6O4/c1-12-15-8-14(22(15,2)3)9-16(12)26-19-18(23)21(31)28(27-20(19)29(32)33)11-17(30)25-10-13-4-6-24-7-5-13/h4-7,12,14-16,26H,8-11H2,1-3H3,(H,25,30)/t12-,14-,15+,16-/m1/s1. The zero-order valence-corrected chi connectivity index (χ0v) is 20.3. The lowest BCUT2D eigenvalue weighted by Gasteiger charge is -2.62. The molecule has 3 fully saturated rings. The molecule has 176 valence electrons. The molecule has 33 heavy (non-hydrogen) atoms. The van der Waals surface area contributed by atoms with Crippen LogP contribution in [0.5, 0.6) is 0 Å². The second kappa shape index (κ2) is 8.85. The number of halogens is 1. The number of amides is 1. The van der Waals surface area contributed by atoms with Crippen LogP contribution in [-0.2, 0) is 17.9 Å². The van der Waals surface area contributed by atoms with E-state index in [9.17, 15) is 19.7 Å². The van der Waals surface area contributed by atoms with Crippen LogP contribution >= 0.6 is 15.9 Å². The lowest BCUT2D eigenvalue weighted by molar-refractivity contribution is -0.389. The molecule has 1 amide bonds. The highest BCUT2D eigenvalue weighted by atomic mass is 79.9. The van der Waals surface area contributed by atoms with Crippen molar-refractivity contribution in [3.63, 3.8) is 0 Å². The van der Waals surface area contributed by atoms with Crippen LogP contribution in [0.4, 0.5) is 11.5 Å². The van der Waals surface area contributed by atoms with Gasteiger partial charge >= 0.3 is 11.4 Å². The highest BCUT2D eigenvalue weighted by molar-refractivity contribution is 9.10. The third kappa shape index (κ3) is 4.38. The van der Waals surface area contributed by atoms with E-state index in [0.717, 1.165) is 16.7 Å². The molecule has 2 heterocycles. The van der Waals surface area contributed by atoms with Crippen LogP contribution < -0.4 is 16.2 Å². The van der Waals surface area contributed by atoms with Gasteiger partial charge in [0.25, 0.3) is 0 Å². The fraction of sp³-hybridized carbons (Fsp3) is 0.545. The van der Waals surface area contributed by atoms with E-state index in [-0.39, 0.29) is 28.2 Å². The number of rotatable bonds is 7. The highest BCUT2D eigenvalue weighted by Crippen LogP contribution is 2.61. The van der Waals surface area contributed by atoms with Crippen molar-refractivity contribution in [1.82, 2.24) is 20.1 Å². The number of nitrogens with zero attached hydrogens (tertiary/aromatic N) is 4. The van der Waals surface area contributed by atoms with Gasteiger partial charge in [-0.15, -0.1) is 4.68 Å². The number of pyridine rings is 1. The normalized spacial score (nSPS) is 25.1. The van der Waals surface area contributed by atoms with Crippen LogP contribution in [0.25, 0.3) is 0 Å². The van der Waals surface area contributed by atoms with E-state index in [2.05, 4.69) is 57.4 Å². The van der Waals surface area contributed by atoms with Crippen molar-refractivity contribution in [2.24, 2.45) is 23.2 Å². The zero-order valence-electron chi connectivity index (χ0n) is 18.7. The van der Waals surface area contributed by atoms with Gasteiger partial charge in [-0.2, -0.15) is 0 Å². The van der Waals surface area contributed by atoms with Crippen molar-refractivity contribution in [1.29, 1.82) is 0 Å². The van der Waals surface area contributed by atoms with Crippen LogP contribution in [-0.4, -0.2) is 31.6 Å². The van der Waals surface area contributed by atoms with Crippen LogP contribution in [0.15, 0.2) is 33.8 Å². The first-order valence-electron chi connectivity index (χ1n) is 11.0. The van der Waals surface area contributed by atoms with Gasteiger partial charge in [0.2, 0.25) is 5.91 Å². The van der Waals surface area contributed by atoms with Crippen LogP contribution in [0.1, 0.15) is 39.2 Å². The molecule has 2 aromatic heterocycles. The molecular weight excluding hydrogens is 492 g/mol. The molecule has 4 atom stereocenters. The molecule has 0 unspecified atom stereocenters. The Balaban J connectivity index is 1.52. The first-order chi connectivity index (χ1) is 15.6. The Morgan fingerprint density at radius 1 is 1.33 bits per heavy atom. The molecule has 0 aliphatic heterocycles. The Labute approximate surface area is 199 Å². The molecule has 0 aromatic carbocycles. The monoisotopic (exact) mass is 518 g/mol. The maximum absolute atomic E-state index is 12.9. The van der Waals surface area contributed by atoms with Crippen molar-refractivity contribution in [2.45, 2.75) is 52.7 Å². The summed E-state index contributed by atoms with van der Waals surface area (Å²) in [6.45, 7) is 6.53. The number of nitrogens with one attached hydrogen (secondary N) is 2. The summed E-state index contributed by atoms with van der Waals surface area (Å²) in [6, 6.07) is 3.52. The average Bonchev–Trinajstić information content (AvgIpc) is 2.78. The molecular formula is C22H27BrN6O4. The van der Waals surface area contributed by atoms with Crippen LogP contribution in [0, 0.1) is 33.3 Å². The largest absolute Gasteiger partial charge is 0.413 e. The van der Waals surface area contributed by atoms with Gasteiger partial charge < -0.3 is 20.7 Å². The van der Waals surface area contributed by atoms with Crippen molar-refractivity contribution in [3.8, 4) is 0 Å². The van der Waals surface area contributed by atoms with E-state index in [1.165, 1.54) is 6.42 Å². The van der Waals surface area contributed by atoms with Gasteiger partial charge in [0.05, 0.1) is 5.10 Å². The summed E-state index contributed by atoms with van der Waals surface area (Å²) in [5, 5.41) is 21.6. The fourth-order valence-corrected chi connectivity index (χ4v) is 5.81. The fourth-order valence-electron chi connectivity index (χ4n) is 5.31. The Hall–Kier alpha value is -2.82. The number of hydrogen-bond donors (Lipinski definition) is 2. The highest BCUT2D eigenvalue weighted by Gasteiger charge is 2.56. The summed E-state index contributed by atoms with van der Waals surface area (Å²) in [7, 11) is 0. The minimum atomic E-state index is -0.629. The number of anilines is 1. The smallest absolute Gasteiger partial charge is 0.374 e. The first kappa shape index (κ1) is 23.3. The van der Waals surface area contributed by atoms with Gasteiger partial charge in [-0.05, 0) is 74.6 Å². The van der Waals surface area contributed by atoms with E-state index in [1.807, 2.05) is 0 Å². The molecule has 2 bridgehead atoms. The molecule has 10 nitrogen and oxygen atoms in total. The molecule has 2 aromatic rings. The summed E-state index contributed by atoms with van der Waals surface area (Å²) in [4.78, 5) is 40.3. The van der Waals surface area contributed by atoms with Crippen LogP contribution in [0.3, 0.4) is 0 Å². The van der Waals surface area contributed by atoms with Crippen LogP contribution in [0.2, 0.25) is 0 Å². The van der Waals surface area contributed by atoms with Gasteiger partial charge in [-0.25, -0.2) is 0 Å². The SMILES string of the molecule is C[C@H]1[C@H](Nc2c([N+](=O)[O-])nn(CC(=O)NCc3ccncc3)c(=O)c2Br)C[C@H]2C[C@@H]1C2(C)C. The van der Waals surface area contributed by atoms with Crippen molar-refractivity contribution >= 4 is 33.3 Å². The Kier molecular flexibility index (Phi) is 6.26. The Morgan fingerprint density at radius 2 is 2.03 bits per heavy atom. The quantitative estimate of drug-likeness (QED) is 0.424. The Morgan fingerprint density at radius 3 is 2.64 bits per heavy atom. The molecule has 3 aliphatic rings. The molecule has 0 radical (unpaired) electrons. The number of carbonyl (C=O) groups excluding carboxylic acids is 1. The van der Waals surface area contributed by atoms with Crippen molar-refractivity contribution in [3.05, 3.63) is 55.0 Å². The summed E-state index contributed by atoms with van der Waals surface area (Å²) in [5.74, 6) is 0.425. The second-order valence-corrected chi connectivity index (χ2v) is 10.4. The summed E-state index contributed by atoms with van der Waals surface area (Å²) in [5.41, 5.74) is 0.588. The second-order valence-electron chi connectivity index (χ2n) is 9.57. The topological polar surface area (TPSA) is 132 Å². The number of carbonyl (C=O) groups is 1. The number of fused-ring (bicyclic) bond motifs is 2. The number of aromatic nitrogens is 3. The number of hydrogen-bond acceptors (Lipinski definition) is 7. The van der Waals surface area contributed by atoms with Gasteiger partial charge in [-0.1, -0.05) is 20.8 Å². The molecule has 2 N–H and O–H groups in total. The van der Waals surface area contributed by atoms with Gasteiger partial charge in [-0.3, -0.25) is 14.6 Å².